The largest absolute Gasteiger partial charge is 0.489 e. The van der Waals surface area contributed by atoms with E-state index >= 15 is 0 Å². The van der Waals surface area contributed by atoms with Crippen LogP contribution in [0.1, 0.15) is 5.56 Å². The summed E-state index contributed by atoms with van der Waals surface area (Å²) in [5.74, 6) is -1.08. The number of hydrogen-bond acceptors (Lipinski definition) is 1. The average Bonchev–Trinajstić information content (AvgIpc) is 2.27. The van der Waals surface area contributed by atoms with Gasteiger partial charge in [0.05, 0.1) is 0 Å². The van der Waals surface area contributed by atoms with Gasteiger partial charge in [0, 0.05) is 21.8 Å². The molecule has 0 aliphatic carbocycles. The van der Waals surface area contributed by atoms with Crippen LogP contribution in [0.15, 0.2) is 42.5 Å². The van der Waals surface area contributed by atoms with Crippen LogP contribution in [0.3, 0.4) is 0 Å². The van der Waals surface area contributed by atoms with Gasteiger partial charge < -0.3 is 4.74 Å². The van der Waals surface area contributed by atoms with E-state index in [0.29, 0.717) is 6.61 Å². The molecule has 0 saturated heterocycles. The van der Waals surface area contributed by atoms with E-state index in [1.54, 1.807) is 0 Å². The summed E-state index contributed by atoms with van der Waals surface area (Å²) in [5, 5.41) is 0. The molecule has 0 atom stereocenters. The van der Waals surface area contributed by atoms with Crippen molar-refractivity contribution in [3.63, 3.8) is 0 Å². The summed E-state index contributed by atoms with van der Waals surface area (Å²) in [6.45, 7) is 0.291. The van der Waals surface area contributed by atoms with Gasteiger partial charge in [-0.25, -0.2) is 8.78 Å². The Bertz CT molecular complexity index is 491. The van der Waals surface area contributed by atoms with E-state index in [0.717, 1.165) is 27.3 Å². The summed E-state index contributed by atoms with van der Waals surface area (Å²) in [6.07, 6.45) is 0. The van der Waals surface area contributed by atoms with Crippen LogP contribution in [0, 0.1) is 15.2 Å². The summed E-state index contributed by atoms with van der Waals surface area (Å²) < 4.78 is 32.2. The SMILES string of the molecule is Fc1cc(F)cc(OCc2ccc(I)cc2)c1. The summed E-state index contributed by atoms with van der Waals surface area (Å²) in [5.41, 5.74) is 0.954. The maximum absolute atomic E-state index is 12.9. The molecule has 4 heteroatoms. The van der Waals surface area contributed by atoms with E-state index in [-0.39, 0.29) is 5.75 Å². The zero-order valence-corrected chi connectivity index (χ0v) is 10.9. The first-order valence-electron chi connectivity index (χ1n) is 4.97. The smallest absolute Gasteiger partial charge is 0.129 e. The molecule has 0 unspecified atom stereocenters. The van der Waals surface area contributed by atoms with Crippen LogP contribution in [-0.4, -0.2) is 0 Å². The molecule has 2 aromatic carbocycles. The van der Waals surface area contributed by atoms with Crippen LogP contribution >= 0.6 is 22.6 Å². The molecule has 1 nitrogen and oxygen atoms in total. The first-order chi connectivity index (χ1) is 8.13. The van der Waals surface area contributed by atoms with Crippen LogP contribution in [0.4, 0.5) is 8.78 Å². The van der Waals surface area contributed by atoms with E-state index in [1.165, 1.54) is 0 Å². The first-order valence-corrected chi connectivity index (χ1v) is 6.05. The molecule has 0 N–H and O–H groups in total. The molecule has 88 valence electrons. The lowest BCUT2D eigenvalue weighted by atomic mass is 10.2. The van der Waals surface area contributed by atoms with Crippen LogP contribution in [-0.2, 0) is 6.61 Å². The summed E-state index contributed by atoms with van der Waals surface area (Å²) >= 11 is 2.21. The molecule has 17 heavy (non-hydrogen) atoms. The minimum Gasteiger partial charge on any atom is -0.489 e. The van der Waals surface area contributed by atoms with Gasteiger partial charge in [-0.05, 0) is 40.3 Å². The Balaban J connectivity index is 2.04. The maximum atomic E-state index is 12.9. The molecule has 0 bridgehead atoms. The van der Waals surface area contributed by atoms with E-state index < -0.39 is 11.6 Å². The molecular formula is C13H9F2IO. The third-order valence-corrected chi connectivity index (χ3v) is 2.87. The monoisotopic (exact) mass is 346 g/mol. The lowest BCUT2D eigenvalue weighted by molar-refractivity contribution is 0.302. The van der Waals surface area contributed by atoms with Crippen LogP contribution in [0.2, 0.25) is 0 Å². The van der Waals surface area contributed by atoms with Crippen LogP contribution in [0.25, 0.3) is 0 Å². The molecule has 2 aromatic rings. The number of halogens is 3. The van der Waals surface area contributed by atoms with Crippen LogP contribution < -0.4 is 4.74 Å². The fourth-order valence-corrected chi connectivity index (χ4v) is 1.72. The van der Waals surface area contributed by atoms with Gasteiger partial charge in [0.15, 0.2) is 0 Å². The predicted octanol–water partition coefficient (Wildman–Crippen LogP) is 4.15. The molecule has 0 fully saturated rings. The topological polar surface area (TPSA) is 9.23 Å². The Labute approximate surface area is 112 Å². The molecule has 0 heterocycles. The minimum atomic E-state index is -0.636. The molecule has 0 amide bonds. The highest BCUT2D eigenvalue weighted by Gasteiger charge is 2.01. The summed E-state index contributed by atoms with van der Waals surface area (Å²) in [7, 11) is 0. The van der Waals surface area contributed by atoms with Gasteiger partial charge in [0.1, 0.15) is 24.0 Å². The standard InChI is InChI=1S/C13H9F2IO/c14-10-5-11(15)7-13(6-10)17-8-9-1-3-12(16)4-2-9/h1-7H,8H2. The number of rotatable bonds is 3. The molecule has 2 rings (SSSR count). The maximum Gasteiger partial charge on any atom is 0.129 e. The lowest BCUT2D eigenvalue weighted by Crippen LogP contribution is -1.96. The van der Waals surface area contributed by atoms with Crippen molar-refractivity contribution < 1.29 is 13.5 Å². The Kier molecular flexibility index (Phi) is 3.93. The normalized spacial score (nSPS) is 10.3. The van der Waals surface area contributed by atoms with Gasteiger partial charge >= 0.3 is 0 Å². The van der Waals surface area contributed by atoms with Gasteiger partial charge in [-0.15, -0.1) is 0 Å². The Morgan fingerprint density at radius 3 is 2.12 bits per heavy atom. The minimum absolute atomic E-state index is 0.195. The predicted molar refractivity (Wildman–Crippen MR) is 69.8 cm³/mol. The van der Waals surface area contributed by atoms with Gasteiger partial charge in [-0.2, -0.15) is 0 Å². The van der Waals surface area contributed by atoms with Gasteiger partial charge in [-0.1, -0.05) is 12.1 Å². The van der Waals surface area contributed by atoms with Gasteiger partial charge in [0.2, 0.25) is 0 Å². The zero-order valence-electron chi connectivity index (χ0n) is 8.79. The Morgan fingerprint density at radius 2 is 1.53 bits per heavy atom. The molecule has 0 aliphatic rings. The van der Waals surface area contributed by atoms with Crippen molar-refractivity contribution >= 4 is 22.6 Å². The highest BCUT2D eigenvalue weighted by atomic mass is 127. The second-order valence-electron chi connectivity index (χ2n) is 3.52. The fraction of sp³-hybridized carbons (Fsp3) is 0.0769. The zero-order chi connectivity index (χ0) is 12.3. The number of benzene rings is 2. The second kappa shape index (κ2) is 5.44. The first kappa shape index (κ1) is 12.3. The summed E-state index contributed by atoms with van der Waals surface area (Å²) in [4.78, 5) is 0. The van der Waals surface area contributed by atoms with Crippen molar-refractivity contribution in [3.05, 3.63) is 63.2 Å². The lowest BCUT2D eigenvalue weighted by Gasteiger charge is -2.06. The van der Waals surface area contributed by atoms with E-state index in [1.807, 2.05) is 24.3 Å². The number of ether oxygens (including phenoxy) is 1. The highest BCUT2D eigenvalue weighted by molar-refractivity contribution is 14.1. The van der Waals surface area contributed by atoms with Gasteiger partial charge in [-0.3, -0.25) is 0 Å². The van der Waals surface area contributed by atoms with Crippen molar-refractivity contribution in [3.8, 4) is 5.75 Å². The fourth-order valence-electron chi connectivity index (χ4n) is 1.36. The molecule has 0 saturated carbocycles. The second-order valence-corrected chi connectivity index (χ2v) is 4.77. The van der Waals surface area contributed by atoms with Crippen molar-refractivity contribution in [2.24, 2.45) is 0 Å². The van der Waals surface area contributed by atoms with Crippen LogP contribution in [0.5, 0.6) is 5.75 Å². The third kappa shape index (κ3) is 3.66. The number of hydrogen-bond donors (Lipinski definition) is 0. The van der Waals surface area contributed by atoms with E-state index in [9.17, 15) is 8.78 Å². The molecule has 0 spiro atoms. The Hall–Kier alpha value is -1.17. The summed E-state index contributed by atoms with van der Waals surface area (Å²) in [6, 6.07) is 10.9. The van der Waals surface area contributed by atoms with Crippen molar-refractivity contribution in [2.45, 2.75) is 6.61 Å². The van der Waals surface area contributed by atoms with Crippen molar-refractivity contribution in [1.29, 1.82) is 0 Å². The molecule has 0 aliphatic heterocycles. The van der Waals surface area contributed by atoms with Gasteiger partial charge in [0.25, 0.3) is 0 Å². The molecule has 0 aromatic heterocycles. The highest BCUT2D eigenvalue weighted by Crippen LogP contribution is 2.17. The molecular weight excluding hydrogens is 337 g/mol. The van der Waals surface area contributed by atoms with E-state index in [4.69, 9.17) is 4.74 Å². The average molecular weight is 346 g/mol. The Morgan fingerprint density at radius 1 is 0.941 bits per heavy atom. The third-order valence-electron chi connectivity index (χ3n) is 2.15. The van der Waals surface area contributed by atoms with Crippen molar-refractivity contribution in [1.82, 2.24) is 0 Å². The van der Waals surface area contributed by atoms with Crippen molar-refractivity contribution in [2.75, 3.05) is 0 Å². The van der Waals surface area contributed by atoms with E-state index in [2.05, 4.69) is 22.6 Å². The quantitative estimate of drug-likeness (QED) is 0.759. The molecule has 0 radical (unpaired) electrons.